The molecule has 1 aromatic rings. The first-order chi connectivity index (χ1) is 8.17. The van der Waals surface area contributed by atoms with Crippen molar-refractivity contribution in [2.45, 2.75) is 56.7 Å². The molecule has 17 heavy (non-hydrogen) atoms. The summed E-state index contributed by atoms with van der Waals surface area (Å²) in [5.41, 5.74) is -0.387. The van der Waals surface area contributed by atoms with Gasteiger partial charge in [-0.3, -0.25) is 0 Å². The molecule has 0 amide bonds. The number of hydrogen-bond donors (Lipinski definition) is 1. The number of ether oxygens (including phenoxy) is 1. The van der Waals surface area contributed by atoms with Crippen LogP contribution < -0.4 is 0 Å². The third-order valence-electron chi connectivity index (χ3n) is 3.85. The number of aromatic nitrogens is 2. The van der Waals surface area contributed by atoms with E-state index in [2.05, 4.69) is 10.1 Å². The van der Waals surface area contributed by atoms with Gasteiger partial charge in [0.05, 0.1) is 6.10 Å². The molecule has 2 aliphatic rings. The van der Waals surface area contributed by atoms with E-state index in [1.807, 2.05) is 6.92 Å². The monoisotopic (exact) mass is 238 g/mol. The molecule has 1 saturated carbocycles. The van der Waals surface area contributed by atoms with Gasteiger partial charge in [-0.2, -0.15) is 4.98 Å². The van der Waals surface area contributed by atoms with Gasteiger partial charge >= 0.3 is 0 Å². The maximum Gasteiger partial charge on any atom is 0.230 e. The third kappa shape index (κ3) is 1.98. The third-order valence-corrected chi connectivity index (χ3v) is 3.85. The van der Waals surface area contributed by atoms with Gasteiger partial charge in [-0.25, -0.2) is 0 Å². The van der Waals surface area contributed by atoms with E-state index in [1.165, 1.54) is 0 Å². The second kappa shape index (κ2) is 4.07. The second-order valence-corrected chi connectivity index (χ2v) is 5.31. The van der Waals surface area contributed by atoms with Gasteiger partial charge in [0.1, 0.15) is 5.60 Å². The molecule has 5 heteroatoms. The van der Waals surface area contributed by atoms with Crippen LogP contribution in [-0.2, 0) is 10.3 Å². The van der Waals surface area contributed by atoms with Crippen molar-refractivity contribution in [2.24, 2.45) is 0 Å². The maximum atomic E-state index is 9.27. The van der Waals surface area contributed by atoms with E-state index < -0.39 is 0 Å². The smallest absolute Gasteiger partial charge is 0.230 e. The predicted molar refractivity (Wildman–Crippen MR) is 59.4 cm³/mol. The van der Waals surface area contributed by atoms with Crippen molar-refractivity contribution >= 4 is 0 Å². The minimum Gasteiger partial charge on any atom is -0.393 e. The number of aliphatic hydroxyl groups is 1. The summed E-state index contributed by atoms with van der Waals surface area (Å²) in [4.78, 5) is 4.45. The lowest BCUT2D eigenvalue weighted by molar-refractivity contribution is -0.0770. The fourth-order valence-corrected chi connectivity index (χ4v) is 2.52. The van der Waals surface area contributed by atoms with E-state index in [9.17, 15) is 5.11 Å². The van der Waals surface area contributed by atoms with Gasteiger partial charge in [-0.05, 0) is 39.0 Å². The standard InChI is InChI=1S/C12H18N2O3/c1-12(4-2-3-5-16-12)11-13-10(17-14-11)8-6-9(15)7-8/h8-9,15H,2-7H2,1H3. The molecular weight excluding hydrogens is 220 g/mol. The first kappa shape index (κ1) is 11.2. The summed E-state index contributed by atoms with van der Waals surface area (Å²) < 4.78 is 11.1. The number of rotatable bonds is 2. The molecular formula is C12H18N2O3. The van der Waals surface area contributed by atoms with Gasteiger partial charge in [0, 0.05) is 12.5 Å². The van der Waals surface area contributed by atoms with Gasteiger partial charge in [0.2, 0.25) is 11.7 Å². The summed E-state index contributed by atoms with van der Waals surface area (Å²) in [6.07, 6.45) is 4.46. The van der Waals surface area contributed by atoms with Crippen LogP contribution in [0.5, 0.6) is 0 Å². The first-order valence-electron chi connectivity index (χ1n) is 6.33. The Labute approximate surface area is 100 Å². The molecule has 0 bridgehead atoms. The zero-order valence-electron chi connectivity index (χ0n) is 10.1. The van der Waals surface area contributed by atoms with E-state index >= 15 is 0 Å². The lowest BCUT2D eigenvalue weighted by Crippen LogP contribution is -2.31. The van der Waals surface area contributed by atoms with Crippen LogP contribution in [0.2, 0.25) is 0 Å². The van der Waals surface area contributed by atoms with Gasteiger partial charge < -0.3 is 14.4 Å². The quantitative estimate of drug-likeness (QED) is 0.849. The van der Waals surface area contributed by atoms with E-state index in [1.54, 1.807) is 0 Å². The molecule has 3 rings (SSSR count). The minimum absolute atomic E-state index is 0.197. The van der Waals surface area contributed by atoms with E-state index in [-0.39, 0.29) is 17.6 Å². The summed E-state index contributed by atoms with van der Waals surface area (Å²) in [5.74, 6) is 1.55. The van der Waals surface area contributed by atoms with Crippen LogP contribution in [0.1, 0.15) is 56.7 Å². The molecule has 1 N–H and O–H groups in total. The summed E-state index contributed by atoms with van der Waals surface area (Å²) in [5, 5.41) is 13.3. The first-order valence-corrected chi connectivity index (χ1v) is 6.33. The topological polar surface area (TPSA) is 68.4 Å². The molecule has 1 unspecified atom stereocenters. The van der Waals surface area contributed by atoms with Crippen LogP contribution in [0.4, 0.5) is 0 Å². The molecule has 1 atom stereocenters. The molecule has 0 aromatic carbocycles. The minimum atomic E-state index is -0.387. The van der Waals surface area contributed by atoms with Crippen LogP contribution >= 0.6 is 0 Å². The number of aliphatic hydroxyl groups excluding tert-OH is 1. The molecule has 0 radical (unpaired) electrons. The number of nitrogens with zero attached hydrogens (tertiary/aromatic N) is 2. The largest absolute Gasteiger partial charge is 0.393 e. The predicted octanol–water partition coefficient (Wildman–Crippen LogP) is 1.72. The Hall–Kier alpha value is -0.940. The Morgan fingerprint density at radius 1 is 1.35 bits per heavy atom. The molecule has 0 spiro atoms. The lowest BCUT2D eigenvalue weighted by atomic mass is 9.82. The van der Waals surface area contributed by atoms with Crippen molar-refractivity contribution in [3.8, 4) is 0 Å². The zero-order chi connectivity index (χ0) is 11.9. The fraction of sp³-hybridized carbons (Fsp3) is 0.833. The SMILES string of the molecule is CC1(c2noc(C3CC(O)C3)n2)CCCCO1. The van der Waals surface area contributed by atoms with Crippen molar-refractivity contribution < 1.29 is 14.4 Å². The molecule has 1 aliphatic carbocycles. The summed E-state index contributed by atoms with van der Waals surface area (Å²) in [6, 6.07) is 0. The number of hydrogen-bond acceptors (Lipinski definition) is 5. The van der Waals surface area contributed by atoms with Gasteiger partial charge in [0.15, 0.2) is 0 Å². The molecule has 94 valence electrons. The van der Waals surface area contributed by atoms with Crippen LogP contribution in [0.25, 0.3) is 0 Å². The average molecular weight is 238 g/mol. The van der Waals surface area contributed by atoms with Gasteiger partial charge in [-0.15, -0.1) is 0 Å². The highest BCUT2D eigenvalue weighted by Gasteiger charge is 2.38. The molecule has 1 aromatic heterocycles. The highest BCUT2D eigenvalue weighted by molar-refractivity contribution is 5.06. The van der Waals surface area contributed by atoms with Gasteiger partial charge in [0.25, 0.3) is 0 Å². The lowest BCUT2D eigenvalue weighted by Gasteiger charge is -2.31. The second-order valence-electron chi connectivity index (χ2n) is 5.31. The molecule has 1 aliphatic heterocycles. The summed E-state index contributed by atoms with van der Waals surface area (Å²) in [6.45, 7) is 2.79. The summed E-state index contributed by atoms with van der Waals surface area (Å²) in [7, 11) is 0. The van der Waals surface area contributed by atoms with Gasteiger partial charge in [-0.1, -0.05) is 5.16 Å². The van der Waals surface area contributed by atoms with Crippen LogP contribution in [0.3, 0.4) is 0 Å². The highest BCUT2D eigenvalue weighted by atomic mass is 16.5. The van der Waals surface area contributed by atoms with E-state index in [0.717, 1.165) is 38.7 Å². The average Bonchev–Trinajstić information content (AvgIpc) is 2.75. The molecule has 5 nitrogen and oxygen atoms in total. The van der Waals surface area contributed by atoms with Crippen molar-refractivity contribution in [3.63, 3.8) is 0 Å². The van der Waals surface area contributed by atoms with E-state index in [4.69, 9.17) is 9.26 Å². The van der Waals surface area contributed by atoms with Crippen molar-refractivity contribution in [2.75, 3.05) is 6.61 Å². The van der Waals surface area contributed by atoms with Crippen LogP contribution in [-0.4, -0.2) is 28.0 Å². The van der Waals surface area contributed by atoms with Crippen molar-refractivity contribution in [1.82, 2.24) is 10.1 Å². The Balaban J connectivity index is 1.75. The Morgan fingerprint density at radius 2 is 2.18 bits per heavy atom. The van der Waals surface area contributed by atoms with Crippen molar-refractivity contribution in [3.05, 3.63) is 11.7 Å². The van der Waals surface area contributed by atoms with E-state index in [0.29, 0.717) is 11.7 Å². The summed E-state index contributed by atoms with van der Waals surface area (Å²) >= 11 is 0. The Bertz CT molecular complexity index is 392. The fourth-order valence-electron chi connectivity index (χ4n) is 2.52. The van der Waals surface area contributed by atoms with Crippen LogP contribution in [0, 0.1) is 0 Å². The van der Waals surface area contributed by atoms with Crippen molar-refractivity contribution in [1.29, 1.82) is 0 Å². The Morgan fingerprint density at radius 3 is 2.82 bits per heavy atom. The molecule has 2 heterocycles. The Kier molecular flexibility index (Phi) is 2.67. The maximum absolute atomic E-state index is 9.27. The normalized spacial score (nSPS) is 37.8. The molecule has 2 fully saturated rings. The zero-order valence-corrected chi connectivity index (χ0v) is 10.1. The molecule has 1 saturated heterocycles. The highest BCUT2D eigenvalue weighted by Crippen LogP contribution is 2.38. The van der Waals surface area contributed by atoms with Crippen LogP contribution in [0.15, 0.2) is 4.52 Å².